The second-order valence-electron chi connectivity index (χ2n) is 5.43. The fourth-order valence-corrected chi connectivity index (χ4v) is 2.80. The second kappa shape index (κ2) is 7.64. The van der Waals surface area contributed by atoms with E-state index >= 15 is 0 Å². The van der Waals surface area contributed by atoms with Crippen LogP contribution in [0, 0.1) is 0 Å². The zero-order valence-electron chi connectivity index (χ0n) is 13.3. The van der Waals surface area contributed by atoms with Gasteiger partial charge in [-0.1, -0.05) is 6.07 Å². The van der Waals surface area contributed by atoms with E-state index in [1.54, 1.807) is 7.11 Å². The number of nitrogens with two attached hydrogens (primary N) is 1. The number of nitrogens with zero attached hydrogens (tertiary/aromatic N) is 2. The van der Waals surface area contributed by atoms with Gasteiger partial charge in [0.25, 0.3) is 0 Å². The van der Waals surface area contributed by atoms with E-state index in [0.29, 0.717) is 13.2 Å². The average Bonchev–Trinajstić information content (AvgIpc) is 2.51. The molecule has 1 aromatic rings. The molecule has 0 aliphatic carbocycles. The van der Waals surface area contributed by atoms with Gasteiger partial charge in [0, 0.05) is 44.4 Å². The first-order chi connectivity index (χ1) is 10.2. The molecule has 1 heterocycles. The minimum atomic E-state index is 0.200. The molecular weight excluding hydrogens is 266 g/mol. The van der Waals surface area contributed by atoms with E-state index in [2.05, 4.69) is 22.9 Å². The highest BCUT2D eigenvalue weighted by Gasteiger charge is 2.25. The number of hydrogen-bond donors (Lipinski definition) is 1. The molecule has 0 radical (unpaired) electrons. The van der Waals surface area contributed by atoms with Crippen LogP contribution >= 0.6 is 0 Å². The van der Waals surface area contributed by atoms with Crippen molar-refractivity contribution < 1.29 is 9.47 Å². The number of methoxy groups -OCH3 is 1. The van der Waals surface area contributed by atoms with Gasteiger partial charge < -0.3 is 20.1 Å². The summed E-state index contributed by atoms with van der Waals surface area (Å²) >= 11 is 0. The summed E-state index contributed by atoms with van der Waals surface area (Å²) in [5, 5.41) is 0. The van der Waals surface area contributed by atoms with Crippen LogP contribution in [0.2, 0.25) is 0 Å². The molecular formula is C16H27N3O2. The molecule has 1 fully saturated rings. The normalized spacial score (nSPS) is 18.5. The van der Waals surface area contributed by atoms with Gasteiger partial charge in [-0.3, -0.25) is 4.90 Å². The molecule has 2 N–H and O–H groups in total. The molecule has 0 spiro atoms. The van der Waals surface area contributed by atoms with Crippen LogP contribution in [0.5, 0.6) is 11.5 Å². The number of likely N-dealkylation sites (N-methyl/N-ethyl adjacent to an activating group) is 1. The highest BCUT2D eigenvalue weighted by atomic mass is 16.5. The van der Waals surface area contributed by atoms with E-state index in [4.69, 9.17) is 15.2 Å². The molecule has 0 aromatic heterocycles. The summed E-state index contributed by atoms with van der Waals surface area (Å²) in [6, 6.07) is 6.22. The van der Waals surface area contributed by atoms with Crippen molar-refractivity contribution >= 4 is 0 Å². The minimum absolute atomic E-state index is 0.200. The van der Waals surface area contributed by atoms with Crippen molar-refractivity contribution in [1.29, 1.82) is 0 Å². The smallest absolute Gasteiger partial charge is 0.127 e. The Balaban J connectivity index is 2.24. The largest absolute Gasteiger partial charge is 0.497 e. The van der Waals surface area contributed by atoms with Crippen LogP contribution in [0.25, 0.3) is 0 Å². The van der Waals surface area contributed by atoms with Gasteiger partial charge in [0.15, 0.2) is 0 Å². The zero-order valence-corrected chi connectivity index (χ0v) is 13.3. The number of rotatable bonds is 6. The summed E-state index contributed by atoms with van der Waals surface area (Å²) in [4.78, 5) is 4.80. The molecule has 0 amide bonds. The quantitative estimate of drug-likeness (QED) is 0.858. The van der Waals surface area contributed by atoms with Crippen molar-refractivity contribution in [1.82, 2.24) is 9.80 Å². The Morgan fingerprint density at radius 3 is 2.52 bits per heavy atom. The van der Waals surface area contributed by atoms with E-state index in [1.165, 1.54) is 0 Å². The SMILES string of the molecule is CCOc1cc(OC)ccc1C(CN)N1CCN(C)CC1. The Bertz CT molecular complexity index is 445. The molecule has 5 nitrogen and oxygen atoms in total. The fourth-order valence-electron chi connectivity index (χ4n) is 2.80. The topological polar surface area (TPSA) is 51.0 Å². The first-order valence-electron chi connectivity index (χ1n) is 7.63. The van der Waals surface area contributed by atoms with Crippen molar-refractivity contribution in [3.63, 3.8) is 0 Å². The number of piperazine rings is 1. The fraction of sp³-hybridized carbons (Fsp3) is 0.625. The number of ether oxygens (including phenoxy) is 2. The standard InChI is InChI=1S/C16H27N3O2/c1-4-21-16-11-13(20-3)5-6-14(16)15(12-17)19-9-7-18(2)8-10-19/h5-6,11,15H,4,7-10,12,17H2,1-3H3. The van der Waals surface area contributed by atoms with Crippen LogP contribution in [0.4, 0.5) is 0 Å². The molecule has 0 saturated carbocycles. The predicted octanol–water partition coefficient (Wildman–Crippen LogP) is 1.34. The number of benzene rings is 1. The van der Waals surface area contributed by atoms with E-state index in [9.17, 15) is 0 Å². The monoisotopic (exact) mass is 293 g/mol. The van der Waals surface area contributed by atoms with Crippen molar-refractivity contribution in [2.75, 3.05) is 53.5 Å². The predicted molar refractivity (Wildman–Crippen MR) is 85.0 cm³/mol. The molecule has 1 aliphatic rings. The lowest BCUT2D eigenvalue weighted by Crippen LogP contribution is -2.47. The molecule has 21 heavy (non-hydrogen) atoms. The van der Waals surface area contributed by atoms with Crippen molar-refractivity contribution in [3.05, 3.63) is 23.8 Å². The maximum absolute atomic E-state index is 6.06. The van der Waals surface area contributed by atoms with Crippen LogP contribution in [-0.2, 0) is 0 Å². The maximum Gasteiger partial charge on any atom is 0.127 e. The third kappa shape index (κ3) is 3.87. The van der Waals surface area contributed by atoms with Gasteiger partial charge in [-0.05, 0) is 20.0 Å². The molecule has 1 atom stereocenters. The minimum Gasteiger partial charge on any atom is -0.497 e. The summed E-state index contributed by atoms with van der Waals surface area (Å²) in [6.07, 6.45) is 0. The molecule has 1 unspecified atom stereocenters. The summed E-state index contributed by atoms with van der Waals surface area (Å²) < 4.78 is 11.1. The van der Waals surface area contributed by atoms with E-state index < -0.39 is 0 Å². The summed E-state index contributed by atoms with van der Waals surface area (Å²) in [5.41, 5.74) is 7.22. The molecule has 1 aromatic carbocycles. The molecule has 2 rings (SSSR count). The summed E-state index contributed by atoms with van der Waals surface area (Å²) in [5.74, 6) is 1.70. The lowest BCUT2D eigenvalue weighted by atomic mass is 10.0. The van der Waals surface area contributed by atoms with E-state index in [0.717, 1.165) is 43.2 Å². The summed E-state index contributed by atoms with van der Waals surface area (Å²) in [6.45, 7) is 7.46. The van der Waals surface area contributed by atoms with Crippen LogP contribution in [0.15, 0.2) is 18.2 Å². The summed E-state index contributed by atoms with van der Waals surface area (Å²) in [7, 11) is 3.83. The molecule has 0 bridgehead atoms. The highest BCUT2D eigenvalue weighted by molar-refractivity contribution is 5.42. The lowest BCUT2D eigenvalue weighted by molar-refractivity contribution is 0.112. The third-order valence-corrected chi connectivity index (χ3v) is 4.08. The molecule has 1 saturated heterocycles. The van der Waals surface area contributed by atoms with Crippen molar-refractivity contribution in [3.8, 4) is 11.5 Å². The van der Waals surface area contributed by atoms with Gasteiger partial charge in [0.2, 0.25) is 0 Å². The van der Waals surface area contributed by atoms with Gasteiger partial charge in [-0.25, -0.2) is 0 Å². The van der Waals surface area contributed by atoms with Gasteiger partial charge >= 0.3 is 0 Å². The number of hydrogen-bond acceptors (Lipinski definition) is 5. The molecule has 5 heteroatoms. The van der Waals surface area contributed by atoms with E-state index in [1.807, 2.05) is 19.1 Å². The molecule has 1 aliphatic heterocycles. The van der Waals surface area contributed by atoms with Crippen LogP contribution in [0.1, 0.15) is 18.5 Å². The van der Waals surface area contributed by atoms with Crippen LogP contribution in [-0.4, -0.2) is 63.3 Å². The Kier molecular flexibility index (Phi) is 5.85. The van der Waals surface area contributed by atoms with Gasteiger partial charge in [0.05, 0.1) is 19.8 Å². The first kappa shape index (κ1) is 16.1. The first-order valence-corrected chi connectivity index (χ1v) is 7.63. The lowest BCUT2D eigenvalue weighted by Gasteiger charge is -2.38. The Hall–Kier alpha value is -1.30. The van der Waals surface area contributed by atoms with Crippen molar-refractivity contribution in [2.45, 2.75) is 13.0 Å². The van der Waals surface area contributed by atoms with Gasteiger partial charge in [-0.2, -0.15) is 0 Å². The third-order valence-electron chi connectivity index (χ3n) is 4.08. The Morgan fingerprint density at radius 2 is 1.95 bits per heavy atom. The average molecular weight is 293 g/mol. The zero-order chi connectivity index (χ0) is 15.2. The van der Waals surface area contributed by atoms with Gasteiger partial charge in [0.1, 0.15) is 11.5 Å². The highest BCUT2D eigenvalue weighted by Crippen LogP contribution is 2.32. The second-order valence-corrected chi connectivity index (χ2v) is 5.43. The van der Waals surface area contributed by atoms with Crippen LogP contribution in [0.3, 0.4) is 0 Å². The van der Waals surface area contributed by atoms with E-state index in [-0.39, 0.29) is 6.04 Å². The van der Waals surface area contributed by atoms with Crippen LogP contribution < -0.4 is 15.2 Å². The Labute approximate surface area is 127 Å². The Morgan fingerprint density at radius 1 is 1.24 bits per heavy atom. The molecule has 118 valence electrons. The van der Waals surface area contributed by atoms with Gasteiger partial charge in [-0.15, -0.1) is 0 Å². The van der Waals surface area contributed by atoms with Crippen molar-refractivity contribution in [2.24, 2.45) is 5.73 Å². The maximum atomic E-state index is 6.06.